The number of alkyl carbamates (subject to hydrolysis) is 1. The molecule has 0 aliphatic heterocycles. The molecule has 0 aromatic rings. The molecule has 1 aliphatic carbocycles. The van der Waals surface area contributed by atoms with E-state index in [1.54, 1.807) is 20.8 Å². The molecule has 6 nitrogen and oxygen atoms in total. The Morgan fingerprint density at radius 1 is 1.24 bits per heavy atom. The van der Waals surface area contributed by atoms with Crippen molar-refractivity contribution in [3.63, 3.8) is 0 Å². The van der Waals surface area contributed by atoms with Crippen LogP contribution in [0.25, 0.3) is 0 Å². The predicted octanol–water partition coefficient (Wildman–Crippen LogP) is 3.27. The van der Waals surface area contributed by atoms with E-state index >= 15 is 0 Å². The fourth-order valence-electron chi connectivity index (χ4n) is 3.31. The molecule has 4 atom stereocenters. The maximum atomic E-state index is 12.6. The Morgan fingerprint density at radius 2 is 1.88 bits per heavy atom. The highest BCUT2D eigenvalue weighted by Gasteiger charge is 2.35. The van der Waals surface area contributed by atoms with Gasteiger partial charge in [0.2, 0.25) is 0 Å². The van der Waals surface area contributed by atoms with Crippen LogP contribution in [0.1, 0.15) is 67.2 Å². The summed E-state index contributed by atoms with van der Waals surface area (Å²) in [6, 6.07) is -0.898. The first kappa shape index (κ1) is 21.7. The van der Waals surface area contributed by atoms with Crippen LogP contribution in [0, 0.1) is 17.8 Å². The van der Waals surface area contributed by atoms with Crippen LogP contribution < -0.4 is 5.32 Å². The Hall–Kier alpha value is -1.30. The number of nitrogens with one attached hydrogen (secondary N) is 1. The van der Waals surface area contributed by atoms with Gasteiger partial charge in [-0.05, 0) is 51.4 Å². The van der Waals surface area contributed by atoms with Gasteiger partial charge in [0.25, 0.3) is 0 Å². The Labute approximate surface area is 151 Å². The monoisotopic (exact) mass is 357 g/mol. The van der Waals surface area contributed by atoms with Crippen LogP contribution in [-0.4, -0.2) is 41.5 Å². The fraction of sp³-hybridized carbons (Fsp3) is 0.895. The largest absolute Gasteiger partial charge is 0.461 e. The lowest BCUT2D eigenvalue weighted by atomic mass is 9.75. The highest BCUT2D eigenvalue weighted by molar-refractivity contribution is 5.81. The van der Waals surface area contributed by atoms with Crippen molar-refractivity contribution >= 4 is 12.1 Å². The molecule has 0 aromatic carbocycles. The third-order valence-corrected chi connectivity index (χ3v) is 4.62. The quantitative estimate of drug-likeness (QED) is 0.713. The predicted molar refractivity (Wildman–Crippen MR) is 96.1 cm³/mol. The fourth-order valence-corrected chi connectivity index (χ4v) is 3.31. The zero-order valence-electron chi connectivity index (χ0n) is 16.5. The number of hydrogen-bond acceptors (Lipinski definition) is 5. The Kier molecular flexibility index (Phi) is 8.19. The van der Waals surface area contributed by atoms with Gasteiger partial charge in [0.1, 0.15) is 17.7 Å². The smallest absolute Gasteiger partial charge is 0.408 e. The molecule has 0 heterocycles. The van der Waals surface area contributed by atoms with E-state index in [0.29, 0.717) is 17.8 Å². The van der Waals surface area contributed by atoms with Gasteiger partial charge in [0.15, 0.2) is 0 Å². The Bertz CT molecular complexity index is 444. The highest BCUT2D eigenvalue weighted by Crippen LogP contribution is 2.35. The van der Waals surface area contributed by atoms with Crippen molar-refractivity contribution in [1.29, 1.82) is 0 Å². The van der Waals surface area contributed by atoms with Crippen molar-refractivity contribution in [2.75, 3.05) is 6.61 Å². The van der Waals surface area contributed by atoms with Crippen LogP contribution in [0.2, 0.25) is 0 Å². The molecule has 0 bridgehead atoms. The minimum absolute atomic E-state index is 0.104. The number of aliphatic hydroxyl groups excluding tert-OH is 1. The van der Waals surface area contributed by atoms with Gasteiger partial charge in [-0.25, -0.2) is 9.59 Å². The van der Waals surface area contributed by atoms with E-state index in [4.69, 9.17) is 9.47 Å². The molecule has 1 aliphatic rings. The molecule has 25 heavy (non-hydrogen) atoms. The summed E-state index contributed by atoms with van der Waals surface area (Å²) in [7, 11) is 0. The second-order valence-electron chi connectivity index (χ2n) is 8.51. The normalized spacial score (nSPS) is 25.4. The summed E-state index contributed by atoms with van der Waals surface area (Å²) in [6.45, 7) is 11.5. The average Bonchev–Trinajstić information content (AvgIpc) is 2.44. The number of esters is 1. The van der Waals surface area contributed by atoms with Gasteiger partial charge in [-0.3, -0.25) is 0 Å². The number of carbonyl (C=O) groups excluding carboxylic acids is 2. The molecule has 6 heteroatoms. The number of carbonyl (C=O) groups is 2. The molecular formula is C19H35NO5. The van der Waals surface area contributed by atoms with Crippen molar-refractivity contribution in [1.82, 2.24) is 5.32 Å². The number of rotatable bonds is 6. The summed E-state index contributed by atoms with van der Waals surface area (Å²) in [5, 5.41) is 11.7. The summed E-state index contributed by atoms with van der Waals surface area (Å²) in [4.78, 5) is 24.5. The van der Waals surface area contributed by atoms with Gasteiger partial charge >= 0.3 is 12.1 Å². The standard InChI is InChI=1S/C19H35NO5/c1-12(2)14-8-7-13(3)11-16(14)24-17(22)15(9-10-21)20-18(23)25-19(4,5)6/h12-16,21H,7-11H2,1-6H3,(H,20,23)/t13-,14+,15?,16-/m1/s1. The molecule has 0 aromatic heterocycles. The Morgan fingerprint density at radius 3 is 2.40 bits per heavy atom. The maximum Gasteiger partial charge on any atom is 0.408 e. The van der Waals surface area contributed by atoms with Crippen LogP contribution in [0.5, 0.6) is 0 Å². The summed E-state index contributed by atoms with van der Waals surface area (Å²) < 4.78 is 11.0. The number of hydrogen-bond donors (Lipinski definition) is 2. The van der Waals surface area contributed by atoms with E-state index in [1.807, 2.05) is 0 Å². The van der Waals surface area contributed by atoms with Gasteiger partial charge in [-0.1, -0.05) is 27.2 Å². The molecule has 0 spiro atoms. The zero-order valence-corrected chi connectivity index (χ0v) is 16.5. The SMILES string of the molecule is CC(C)[C@@H]1CC[C@@H](C)C[C@H]1OC(=O)C(CCO)NC(=O)OC(C)(C)C. The highest BCUT2D eigenvalue weighted by atomic mass is 16.6. The summed E-state index contributed by atoms with van der Waals surface area (Å²) in [6.07, 6.45) is 2.31. The molecule has 1 fully saturated rings. The first-order valence-electron chi connectivity index (χ1n) is 9.34. The topological polar surface area (TPSA) is 84.9 Å². The number of amides is 1. The zero-order chi connectivity index (χ0) is 19.2. The van der Waals surface area contributed by atoms with Crippen molar-refractivity contribution in [3.8, 4) is 0 Å². The average molecular weight is 357 g/mol. The van der Waals surface area contributed by atoms with E-state index in [0.717, 1.165) is 19.3 Å². The third-order valence-electron chi connectivity index (χ3n) is 4.62. The summed E-state index contributed by atoms with van der Waals surface area (Å²) >= 11 is 0. The van der Waals surface area contributed by atoms with Crippen molar-refractivity contribution < 1.29 is 24.2 Å². The van der Waals surface area contributed by atoms with Crippen molar-refractivity contribution in [3.05, 3.63) is 0 Å². The first-order valence-corrected chi connectivity index (χ1v) is 9.34. The van der Waals surface area contributed by atoms with Gasteiger partial charge in [0, 0.05) is 13.0 Å². The number of aliphatic hydroxyl groups is 1. The molecular weight excluding hydrogens is 322 g/mol. The van der Waals surface area contributed by atoms with E-state index < -0.39 is 23.7 Å². The minimum atomic E-state index is -0.898. The molecule has 1 rings (SSSR count). The second-order valence-corrected chi connectivity index (χ2v) is 8.51. The van der Waals surface area contributed by atoms with Crippen LogP contribution in [0.4, 0.5) is 4.79 Å². The molecule has 0 saturated heterocycles. The second kappa shape index (κ2) is 9.41. The van der Waals surface area contributed by atoms with E-state index in [9.17, 15) is 14.7 Å². The van der Waals surface area contributed by atoms with Gasteiger partial charge in [-0.15, -0.1) is 0 Å². The molecule has 2 N–H and O–H groups in total. The minimum Gasteiger partial charge on any atom is -0.461 e. The third kappa shape index (κ3) is 7.63. The summed E-state index contributed by atoms with van der Waals surface area (Å²) in [5.41, 5.74) is -0.653. The van der Waals surface area contributed by atoms with E-state index in [-0.39, 0.29) is 19.1 Å². The van der Waals surface area contributed by atoms with Crippen LogP contribution in [0.15, 0.2) is 0 Å². The Balaban J connectivity index is 2.72. The van der Waals surface area contributed by atoms with Gasteiger partial charge < -0.3 is 19.9 Å². The molecule has 0 radical (unpaired) electrons. The lowest BCUT2D eigenvalue weighted by Crippen LogP contribution is -2.47. The lowest BCUT2D eigenvalue weighted by molar-refractivity contribution is -0.159. The van der Waals surface area contributed by atoms with E-state index in [1.165, 1.54) is 0 Å². The number of ether oxygens (including phenoxy) is 2. The van der Waals surface area contributed by atoms with Crippen LogP contribution in [-0.2, 0) is 14.3 Å². The first-order chi connectivity index (χ1) is 11.5. The van der Waals surface area contributed by atoms with Gasteiger partial charge in [0.05, 0.1) is 0 Å². The van der Waals surface area contributed by atoms with E-state index in [2.05, 4.69) is 26.1 Å². The summed E-state index contributed by atoms with van der Waals surface area (Å²) in [5.74, 6) is 0.782. The lowest BCUT2D eigenvalue weighted by Gasteiger charge is -2.37. The van der Waals surface area contributed by atoms with Crippen LogP contribution in [0.3, 0.4) is 0 Å². The van der Waals surface area contributed by atoms with Crippen LogP contribution >= 0.6 is 0 Å². The van der Waals surface area contributed by atoms with Crippen molar-refractivity contribution in [2.24, 2.45) is 17.8 Å². The molecule has 1 saturated carbocycles. The van der Waals surface area contributed by atoms with Gasteiger partial charge in [-0.2, -0.15) is 0 Å². The maximum absolute atomic E-state index is 12.6. The molecule has 146 valence electrons. The van der Waals surface area contributed by atoms with Crippen molar-refractivity contribution in [2.45, 2.75) is 85.0 Å². The molecule has 1 amide bonds. The molecule has 1 unspecified atom stereocenters.